The van der Waals surface area contributed by atoms with Crippen molar-refractivity contribution < 1.29 is 9.53 Å². The lowest BCUT2D eigenvalue weighted by Crippen LogP contribution is -2.15. The highest BCUT2D eigenvalue weighted by Crippen LogP contribution is 2.21. The van der Waals surface area contributed by atoms with Crippen LogP contribution in [0.5, 0.6) is 5.75 Å². The van der Waals surface area contributed by atoms with Crippen molar-refractivity contribution in [1.29, 1.82) is 0 Å². The summed E-state index contributed by atoms with van der Waals surface area (Å²) in [6.45, 7) is 5.91. The number of benzene rings is 2. The van der Waals surface area contributed by atoms with Crippen molar-refractivity contribution in [3.8, 4) is 5.75 Å². The molecule has 0 saturated heterocycles. The molecule has 6 heteroatoms. The van der Waals surface area contributed by atoms with Gasteiger partial charge in [0.25, 0.3) is 5.91 Å². The number of methoxy groups -OCH3 is 1. The van der Waals surface area contributed by atoms with Gasteiger partial charge in [-0.3, -0.25) is 4.79 Å². The molecule has 2 aromatic carbocycles. The van der Waals surface area contributed by atoms with Crippen LogP contribution in [0.2, 0.25) is 0 Å². The first kappa shape index (κ1) is 18.4. The Morgan fingerprint density at radius 1 is 1.00 bits per heavy atom. The SMILES string of the molecule is COc1ccc(NC(=O)c2cc(C)nc(Nc3cccc(C)c3C)n2)cc1. The number of rotatable bonds is 5. The van der Waals surface area contributed by atoms with Crippen molar-refractivity contribution in [3.63, 3.8) is 0 Å². The van der Waals surface area contributed by atoms with Crippen LogP contribution < -0.4 is 15.4 Å². The molecule has 1 aromatic heterocycles. The van der Waals surface area contributed by atoms with Gasteiger partial charge in [-0.05, 0) is 68.3 Å². The monoisotopic (exact) mass is 362 g/mol. The van der Waals surface area contributed by atoms with Gasteiger partial charge in [-0.1, -0.05) is 12.1 Å². The lowest BCUT2D eigenvalue weighted by molar-refractivity contribution is 0.102. The molecular formula is C21H22N4O2. The van der Waals surface area contributed by atoms with E-state index in [-0.39, 0.29) is 5.91 Å². The van der Waals surface area contributed by atoms with E-state index < -0.39 is 0 Å². The highest BCUT2D eigenvalue weighted by Gasteiger charge is 2.12. The molecule has 2 N–H and O–H groups in total. The zero-order valence-corrected chi connectivity index (χ0v) is 15.8. The number of hydrogen-bond donors (Lipinski definition) is 2. The van der Waals surface area contributed by atoms with Gasteiger partial charge in [0, 0.05) is 17.1 Å². The molecule has 6 nitrogen and oxygen atoms in total. The summed E-state index contributed by atoms with van der Waals surface area (Å²) in [4.78, 5) is 21.3. The Morgan fingerprint density at radius 2 is 1.74 bits per heavy atom. The Labute approximate surface area is 158 Å². The Morgan fingerprint density at radius 3 is 2.44 bits per heavy atom. The predicted molar refractivity (Wildman–Crippen MR) is 107 cm³/mol. The molecule has 0 aliphatic carbocycles. The number of nitrogens with zero attached hydrogens (tertiary/aromatic N) is 2. The maximum atomic E-state index is 12.6. The molecule has 3 aromatic rings. The van der Waals surface area contributed by atoms with Crippen LogP contribution in [-0.2, 0) is 0 Å². The molecule has 138 valence electrons. The van der Waals surface area contributed by atoms with Crippen LogP contribution in [0.15, 0.2) is 48.5 Å². The minimum absolute atomic E-state index is 0.297. The second kappa shape index (κ2) is 7.86. The van der Waals surface area contributed by atoms with Gasteiger partial charge < -0.3 is 15.4 Å². The average molecular weight is 362 g/mol. The van der Waals surface area contributed by atoms with E-state index in [0.717, 1.165) is 17.0 Å². The molecule has 27 heavy (non-hydrogen) atoms. The van der Waals surface area contributed by atoms with E-state index in [9.17, 15) is 4.79 Å². The van der Waals surface area contributed by atoms with Gasteiger partial charge in [0.2, 0.25) is 5.95 Å². The van der Waals surface area contributed by atoms with Gasteiger partial charge in [-0.15, -0.1) is 0 Å². The van der Waals surface area contributed by atoms with Crippen LogP contribution in [0.25, 0.3) is 0 Å². The van der Waals surface area contributed by atoms with Crippen molar-refractivity contribution in [1.82, 2.24) is 9.97 Å². The molecule has 0 unspecified atom stereocenters. The van der Waals surface area contributed by atoms with Gasteiger partial charge >= 0.3 is 0 Å². The lowest BCUT2D eigenvalue weighted by Gasteiger charge is -2.12. The van der Waals surface area contributed by atoms with Crippen LogP contribution in [-0.4, -0.2) is 23.0 Å². The topological polar surface area (TPSA) is 76.1 Å². The van der Waals surface area contributed by atoms with Crippen molar-refractivity contribution in [2.45, 2.75) is 20.8 Å². The van der Waals surface area contributed by atoms with E-state index in [0.29, 0.717) is 23.0 Å². The molecule has 1 amide bonds. The van der Waals surface area contributed by atoms with E-state index in [1.807, 2.05) is 39.0 Å². The Hall–Kier alpha value is -3.41. The summed E-state index contributed by atoms with van der Waals surface area (Å²) in [5, 5.41) is 6.05. The summed E-state index contributed by atoms with van der Waals surface area (Å²) in [6.07, 6.45) is 0. The molecular weight excluding hydrogens is 340 g/mol. The standard InChI is InChI=1S/C21H22N4O2/c1-13-6-5-7-18(15(13)3)24-21-22-14(2)12-19(25-21)20(26)23-16-8-10-17(27-4)11-9-16/h5-12H,1-4H3,(H,23,26)(H,22,24,25). The van der Waals surface area contributed by atoms with Crippen LogP contribution in [0, 0.1) is 20.8 Å². The number of carbonyl (C=O) groups is 1. The van der Waals surface area contributed by atoms with Crippen molar-refractivity contribution in [3.05, 3.63) is 71.0 Å². The third kappa shape index (κ3) is 4.41. The maximum absolute atomic E-state index is 12.6. The smallest absolute Gasteiger partial charge is 0.274 e. The molecule has 0 aliphatic rings. The summed E-state index contributed by atoms with van der Waals surface area (Å²) in [7, 11) is 1.60. The fourth-order valence-corrected chi connectivity index (χ4v) is 2.62. The van der Waals surface area contributed by atoms with Gasteiger partial charge in [-0.25, -0.2) is 9.97 Å². The zero-order valence-electron chi connectivity index (χ0n) is 15.8. The second-order valence-corrected chi connectivity index (χ2v) is 6.27. The summed E-state index contributed by atoms with van der Waals surface area (Å²) in [6, 6.07) is 14.8. The van der Waals surface area contributed by atoms with E-state index in [1.165, 1.54) is 5.56 Å². The van der Waals surface area contributed by atoms with E-state index >= 15 is 0 Å². The number of ether oxygens (including phenoxy) is 1. The van der Waals surface area contributed by atoms with Gasteiger partial charge in [0.1, 0.15) is 11.4 Å². The minimum Gasteiger partial charge on any atom is -0.497 e. The van der Waals surface area contributed by atoms with Crippen LogP contribution >= 0.6 is 0 Å². The van der Waals surface area contributed by atoms with Crippen molar-refractivity contribution in [2.75, 3.05) is 17.7 Å². The Kier molecular flexibility index (Phi) is 5.35. The van der Waals surface area contributed by atoms with Crippen molar-refractivity contribution in [2.24, 2.45) is 0 Å². The quantitative estimate of drug-likeness (QED) is 0.703. The van der Waals surface area contributed by atoms with Crippen LogP contribution in [0.4, 0.5) is 17.3 Å². The highest BCUT2D eigenvalue weighted by molar-refractivity contribution is 6.03. The highest BCUT2D eigenvalue weighted by atomic mass is 16.5. The number of carbonyl (C=O) groups excluding carboxylic acids is 1. The molecule has 0 fully saturated rings. The first-order valence-corrected chi connectivity index (χ1v) is 8.60. The molecule has 0 atom stereocenters. The van der Waals surface area contributed by atoms with Gasteiger partial charge in [0.15, 0.2) is 0 Å². The number of anilines is 3. The molecule has 0 aliphatic heterocycles. The number of aryl methyl sites for hydroxylation is 2. The average Bonchev–Trinajstić information content (AvgIpc) is 2.65. The van der Waals surface area contributed by atoms with E-state index in [2.05, 4.69) is 20.6 Å². The molecule has 0 radical (unpaired) electrons. The fourth-order valence-electron chi connectivity index (χ4n) is 2.62. The zero-order chi connectivity index (χ0) is 19.4. The summed E-state index contributed by atoms with van der Waals surface area (Å²) < 4.78 is 5.12. The molecule has 0 spiro atoms. The largest absolute Gasteiger partial charge is 0.497 e. The van der Waals surface area contributed by atoms with E-state index in [4.69, 9.17) is 4.74 Å². The summed E-state index contributed by atoms with van der Waals surface area (Å²) in [5.74, 6) is 0.823. The third-order valence-corrected chi connectivity index (χ3v) is 4.29. The molecule has 0 bridgehead atoms. The number of nitrogens with one attached hydrogen (secondary N) is 2. The maximum Gasteiger partial charge on any atom is 0.274 e. The van der Waals surface area contributed by atoms with Crippen LogP contribution in [0.3, 0.4) is 0 Å². The van der Waals surface area contributed by atoms with Crippen molar-refractivity contribution >= 4 is 23.2 Å². The first-order chi connectivity index (χ1) is 13.0. The summed E-state index contributed by atoms with van der Waals surface area (Å²) >= 11 is 0. The molecule has 1 heterocycles. The number of amides is 1. The predicted octanol–water partition coefficient (Wildman–Crippen LogP) is 4.41. The number of hydrogen-bond acceptors (Lipinski definition) is 5. The second-order valence-electron chi connectivity index (χ2n) is 6.27. The lowest BCUT2D eigenvalue weighted by atomic mass is 10.1. The third-order valence-electron chi connectivity index (χ3n) is 4.29. The first-order valence-electron chi connectivity index (χ1n) is 8.60. The summed E-state index contributed by atoms with van der Waals surface area (Å²) in [5.41, 5.74) is 4.88. The minimum atomic E-state index is -0.297. The Balaban J connectivity index is 1.81. The van der Waals surface area contributed by atoms with Gasteiger partial charge in [-0.2, -0.15) is 0 Å². The molecule has 3 rings (SSSR count). The van der Waals surface area contributed by atoms with E-state index in [1.54, 1.807) is 37.4 Å². The number of aromatic nitrogens is 2. The normalized spacial score (nSPS) is 10.4. The Bertz CT molecular complexity index is 968. The fraction of sp³-hybridized carbons (Fsp3) is 0.190. The molecule has 0 saturated carbocycles. The van der Waals surface area contributed by atoms with Gasteiger partial charge in [0.05, 0.1) is 7.11 Å². The van der Waals surface area contributed by atoms with Crippen LogP contribution in [0.1, 0.15) is 27.3 Å².